The summed E-state index contributed by atoms with van der Waals surface area (Å²) in [5.41, 5.74) is 0.696. The lowest BCUT2D eigenvalue weighted by molar-refractivity contribution is 0.200. The zero-order valence-electron chi connectivity index (χ0n) is 12.6. The Labute approximate surface area is 121 Å². The molecule has 1 aromatic rings. The molecule has 110 valence electrons. The van der Waals surface area contributed by atoms with E-state index in [2.05, 4.69) is 28.1 Å². The van der Waals surface area contributed by atoms with Gasteiger partial charge < -0.3 is 16.0 Å². The topological polar surface area (TPSA) is 53.2 Å². The van der Waals surface area contributed by atoms with Gasteiger partial charge in [-0.3, -0.25) is 0 Å². The van der Waals surface area contributed by atoms with Crippen molar-refractivity contribution in [2.45, 2.75) is 44.7 Å². The summed E-state index contributed by atoms with van der Waals surface area (Å²) < 4.78 is 0. The standard InChI is InChI=1S/C16H25N3O/c1-15(2,3)18-14(20)19-16(9-11-17-12-10-16)13-7-5-4-6-8-13/h4-8,17H,9-12H2,1-3H3,(H2,18,19,20). The van der Waals surface area contributed by atoms with Gasteiger partial charge in [-0.25, -0.2) is 4.79 Å². The van der Waals surface area contributed by atoms with E-state index in [9.17, 15) is 4.79 Å². The van der Waals surface area contributed by atoms with Crippen LogP contribution in [0.3, 0.4) is 0 Å². The third-order valence-corrected chi connectivity index (χ3v) is 3.62. The fraction of sp³-hybridized carbons (Fsp3) is 0.562. The molecule has 0 saturated carbocycles. The molecule has 2 amide bonds. The van der Waals surface area contributed by atoms with Gasteiger partial charge in [-0.15, -0.1) is 0 Å². The number of hydrogen-bond acceptors (Lipinski definition) is 2. The van der Waals surface area contributed by atoms with E-state index in [1.54, 1.807) is 0 Å². The molecular formula is C16H25N3O. The lowest BCUT2D eigenvalue weighted by Crippen LogP contribution is -2.57. The molecule has 4 heteroatoms. The molecule has 1 aromatic carbocycles. The van der Waals surface area contributed by atoms with Gasteiger partial charge in [0.25, 0.3) is 0 Å². The number of rotatable bonds is 2. The van der Waals surface area contributed by atoms with Gasteiger partial charge in [-0.2, -0.15) is 0 Å². The fourth-order valence-corrected chi connectivity index (χ4v) is 2.69. The molecule has 0 unspecified atom stereocenters. The molecule has 20 heavy (non-hydrogen) atoms. The van der Waals surface area contributed by atoms with Crippen LogP contribution < -0.4 is 16.0 Å². The molecule has 1 fully saturated rings. The van der Waals surface area contributed by atoms with Gasteiger partial charge in [-0.05, 0) is 52.3 Å². The molecular weight excluding hydrogens is 250 g/mol. The van der Waals surface area contributed by atoms with Crippen molar-refractivity contribution in [1.29, 1.82) is 0 Å². The van der Waals surface area contributed by atoms with Crippen LogP contribution in [-0.4, -0.2) is 24.7 Å². The first-order chi connectivity index (χ1) is 9.41. The molecule has 4 nitrogen and oxygen atoms in total. The van der Waals surface area contributed by atoms with Crippen LogP contribution >= 0.6 is 0 Å². The molecule has 0 spiro atoms. The van der Waals surface area contributed by atoms with Crippen molar-refractivity contribution in [3.05, 3.63) is 35.9 Å². The van der Waals surface area contributed by atoms with Gasteiger partial charge >= 0.3 is 6.03 Å². The molecule has 3 N–H and O–H groups in total. The van der Waals surface area contributed by atoms with Crippen LogP contribution in [0.1, 0.15) is 39.2 Å². The predicted octanol–water partition coefficient (Wildman–Crippen LogP) is 2.36. The minimum Gasteiger partial charge on any atom is -0.334 e. The van der Waals surface area contributed by atoms with Gasteiger partial charge in [0.05, 0.1) is 5.54 Å². The van der Waals surface area contributed by atoms with Crippen LogP contribution in [0.15, 0.2) is 30.3 Å². The molecule has 0 radical (unpaired) electrons. The van der Waals surface area contributed by atoms with Crippen molar-refractivity contribution in [1.82, 2.24) is 16.0 Å². The molecule has 1 aliphatic rings. The molecule has 0 atom stereocenters. The van der Waals surface area contributed by atoms with E-state index in [-0.39, 0.29) is 17.1 Å². The summed E-state index contributed by atoms with van der Waals surface area (Å²) >= 11 is 0. The molecule has 1 heterocycles. The highest BCUT2D eigenvalue weighted by molar-refractivity contribution is 5.76. The Balaban J connectivity index is 2.18. The van der Waals surface area contributed by atoms with Crippen molar-refractivity contribution >= 4 is 6.03 Å². The van der Waals surface area contributed by atoms with Crippen LogP contribution in [0, 0.1) is 0 Å². The summed E-state index contributed by atoms with van der Waals surface area (Å²) in [5, 5.41) is 9.56. The Morgan fingerprint density at radius 1 is 1.15 bits per heavy atom. The third kappa shape index (κ3) is 3.73. The largest absolute Gasteiger partial charge is 0.334 e. The van der Waals surface area contributed by atoms with Crippen LogP contribution in [-0.2, 0) is 5.54 Å². The van der Waals surface area contributed by atoms with Crippen LogP contribution in [0.5, 0.6) is 0 Å². The van der Waals surface area contributed by atoms with Gasteiger partial charge in [0, 0.05) is 5.54 Å². The van der Waals surface area contributed by atoms with Gasteiger partial charge in [0.15, 0.2) is 0 Å². The highest BCUT2D eigenvalue weighted by Gasteiger charge is 2.35. The number of urea groups is 1. The molecule has 0 aromatic heterocycles. The number of carbonyl (C=O) groups is 1. The van der Waals surface area contributed by atoms with E-state index in [4.69, 9.17) is 0 Å². The van der Waals surface area contributed by atoms with Crippen molar-refractivity contribution in [3.63, 3.8) is 0 Å². The van der Waals surface area contributed by atoms with Crippen LogP contribution in [0.25, 0.3) is 0 Å². The number of hydrogen-bond donors (Lipinski definition) is 3. The summed E-state index contributed by atoms with van der Waals surface area (Å²) in [5.74, 6) is 0. The van der Waals surface area contributed by atoms with E-state index in [1.807, 2.05) is 39.0 Å². The number of benzene rings is 1. The molecule has 0 bridgehead atoms. The Morgan fingerprint density at radius 2 is 1.75 bits per heavy atom. The zero-order chi connectivity index (χ0) is 14.6. The Bertz CT molecular complexity index is 445. The summed E-state index contributed by atoms with van der Waals surface area (Å²) in [4.78, 5) is 12.3. The van der Waals surface area contributed by atoms with E-state index < -0.39 is 0 Å². The van der Waals surface area contributed by atoms with E-state index in [0.717, 1.165) is 25.9 Å². The summed E-state index contributed by atoms with van der Waals surface area (Å²) in [6.45, 7) is 7.81. The van der Waals surface area contributed by atoms with Crippen molar-refractivity contribution in [2.24, 2.45) is 0 Å². The average Bonchev–Trinajstić information content (AvgIpc) is 2.38. The maximum absolute atomic E-state index is 12.3. The molecule has 1 saturated heterocycles. The van der Waals surface area contributed by atoms with E-state index in [0.29, 0.717) is 0 Å². The minimum atomic E-state index is -0.262. The average molecular weight is 275 g/mol. The monoisotopic (exact) mass is 275 g/mol. The first-order valence-electron chi connectivity index (χ1n) is 7.28. The smallest absolute Gasteiger partial charge is 0.315 e. The lowest BCUT2D eigenvalue weighted by atomic mass is 9.81. The second-order valence-corrected chi connectivity index (χ2v) is 6.53. The van der Waals surface area contributed by atoms with Gasteiger partial charge in [-0.1, -0.05) is 30.3 Å². The maximum atomic E-state index is 12.3. The van der Waals surface area contributed by atoms with E-state index >= 15 is 0 Å². The predicted molar refractivity (Wildman–Crippen MR) is 81.6 cm³/mol. The normalized spacial score (nSPS) is 18.4. The summed E-state index contributed by atoms with van der Waals surface area (Å²) in [6.07, 6.45) is 1.82. The van der Waals surface area contributed by atoms with Gasteiger partial charge in [0.1, 0.15) is 0 Å². The number of nitrogens with one attached hydrogen (secondary N) is 3. The molecule has 0 aliphatic carbocycles. The van der Waals surface area contributed by atoms with E-state index in [1.165, 1.54) is 5.56 Å². The Morgan fingerprint density at radius 3 is 2.30 bits per heavy atom. The van der Waals surface area contributed by atoms with Gasteiger partial charge in [0.2, 0.25) is 0 Å². The minimum absolute atomic E-state index is 0.0942. The zero-order valence-corrected chi connectivity index (χ0v) is 12.6. The third-order valence-electron chi connectivity index (χ3n) is 3.62. The number of carbonyl (C=O) groups excluding carboxylic acids is 1. The first kappa shape index (κ1) is 14.9. The number of amides is 2. The molecule has 2 rings (SSSR count). The van der Waals surface area contributed by atoms with Crippen LogP contribution in [0.4, 0.5) is 4.79 Å². The Hall–Kier alpha value is -1.55. The first-order valence-corrected chi connectivity index (χ1v) is 7.28. The fourth-order valence-electron chi connectivity index (χ4n) is 2.69. The molecule has 1 aliphatic heterocycles. The second kappa shape index (κ2) is 5.83. The van der Waals surface area contributed by atoms with Crippen molar-refractivity contribution in [3.8, 4) is 0 Å². The SMILES string of the molecule is CC(C)(C)NC(=O)NC1(c2ccccc2)CCNCC1. The highest BCUT2D eigenvalue weighted by atomic mass is 16.2. The second-order valence-electron chi connectivity index (χ2n) is 6.53. The lowest BCUT2D eigenvalue weighted by Gasteiger charge is -2.39. The highest BCUT2D eigenvalue weighted by Crippen LogP contribution is 2.30. The number of piperidine rings is 1. The van der Waals surface area contributed by atoms with Crippen molar-refractivity contribution in [2.75, 3.05) is 13.1 Å². The Kier molecular flexibility index (Phi) is 4.33. The van der Waals surface area contributed by atoms with Crippen molar-refractivity contribution < 1.29 is 4.79 Å². The summed E-state index contributed by atoms with van der Waals surface area (Å²) in [7, 11) is 0. The van der Waals surface area contributed by atoms with Crippen LogP contribution in [0.2, 0.25) is 0 Å². The quantitative estimate of drug-likeness (QED) is 0.776. The summed E-state index contributed by atoms with van der Waals surface area (Å²) in [6, 6.07) is 10.2. The maximum Gasteiger partial charge on any atom is 0.315 e.